The zero-order chi connectivity index (χ0) is 13.9. The molecule has 2 aliphatic rings. The molecule has 110 valence electrons. The molecule has 0 aromatic heterocycles. The Morgan fingerprint density at radius 1 is 1.50 bits per heavy atom. The first-order valence-electron chi connectivity index (χ1n) is 7.56. The van der Waals surface area contributed by atoms with Crippen molar-refractivity contribution in [2.45, 2.75) is 25.4 Å². The van der Waals surface area contributed by atoms with E-state index in [9.17, 15) is 0 Å². The maximum absolute atomic E-state index is 5.62. The highest BCUT2D eigenvalue weighted by atomic mass is 32.2. The minimum absolute atomic E-state index is 0.420. The number of nitrogens with one attached hydrogen (secondary N) is 1. The van der Waals surface area contributed by atoms with E-state index >= 15 is 0 Å². The zero-order valence-corrected chi connectivity index (χ0v) is 13.2. The second-order valence-electron chi connectivity index (χ2n) is 5.62. The molecule has 1 N–H and O–H groups in total. The summed E-state index contributed by atoms with van der Waals surface area (Å²) in [5.74, 6) is 3.54. The average Bonchev–Trinajstić information content (AvgIpc) is 2.93. The Bertz CT molecular complexity index is 466. The van der Waals surface area contributed by atoms with Crippen LogP contribution in [-0.4, -0.2) is 49.2 Å². The van der Waals surface area contributed by atoms with Crippen LogP contribution in [0.15, 0.2) is 18.2 Å². The second kappa shape index (κ2) is 6.37. The van der Waals surface area contributed by atoms with Crippen LogP contribution < -0.4 is 10.1 Å². The monoisotopic (exact) mass is 292 g/mol. The molecule has 3 rings (SSSR count). The van der Waals surface area contributed by atoms with Crippen molar-refractivity contribution in [3.63, 3.8) is 0 Å². The molecule has 1 saturated heterocycles. The van der Waals surface area contributed by atoms with Crippen molar-refractivity contribution in [3.05, 3.63) is 29.3 Å². The number of ether oxygens (including phenoxy) is 1. The Labute approximate surface area is 126 Å². The number of hydrogen-bond donors (Lipinski definition) is 1. The Kier molecular flexibility index (Phi) is 4.54. The maximum atomic E-state index is 5.62. The van der Waals surface area contributed by atoms with Crippen LogP contribution >= 0.6 is 11.8 Å². The molecule has 2 aliphatic heterocycles. The zero-order valence-electron chi connectivity index (χ0n) is 12.4. The predicted molar refractivity (Wildman–Crippen MR) is 85.8 cm³/mol. The molecule has 3 nitrogen and oxygen atoms in total. The summed E-state index contributed by atoms with van der Waals surface area (Å²) in [7, 11) is 2.26. The van der Waals surface area contributed by atoms with Crippen molar-refractivity contribution in [2.75, 3.05) is 38.2 Å². The van der Waals surface area contributed by atoms with Gasteiger partial charge in [0.2, 0.25) is 0 Å². The summed E-state index contributed by atoms with van der Waals surface area (Å²) in [6.45, 7) is 5.22. The fraction of sp³-hybridized carbons (Fsp3) is 0.625. The summed E-state index contributed by atoms with van der Waals surface area (Å²) in [5, 5.41) is 3.69. The van der Waals surface area contributed by atoms with Gasteiger partial charge in [0.05, 0.1) is 6.61 Å². The highest BCUT2D eigenvalue weighted by Crippen LogP contribution is 2.32. The van der Waals surface area contributed by atoms with Gasteiger partial charge >= 0.3 is 0 Å². The molecule has 2 atom stereocenters. The van der Waals surface area contributed by atoms with Crippen molar-refractivity contribution in [1.82, 2.24) is 10.2 Å². The van der Waals surface area contributed by atoms with E-state index in [-0.39, 0.29) is 0 Å². The van der Waals surface area contributed by atoms with Crippen molar-refractivity contribution < 1.29 is 4.74 Å². The quantitative estimate of drug-likeness (QED) is 0.920. The van der Waals surface area contributed by atoms with Gasteiger partial charge in [-0.25, -0.2) is 0 Å². The van der Waals surface area contributed by atoms with Gasteiger partial charge in [0, 0.05) is 36.6 Å². The van der Waals surface area contributed by atoms with Crippen LogP contribution in [0.3, 0.4) is 0 Å². The summed E-state index contributed by atoms with van der Waals surface area (Å²) < 4.78 is 5.62. The highest BCUT2D eigenvalue weighted by molar-refractivity contribution is 7.99. The topological polar surface area (TPSA) is 24.5 Å². The lowest BCUT2D eigenvalue weighted by atomic mass is 9.96. The third-order valence-electron chi connectivity index (χ3n) is 4.32. The first-order chi connectivity index (χ1) is 9.79. The van der Waals surface area contributed by atoms with Crippen molar-refractivity contribution in [1.29, 1.82) is 0 Å². The van der Waals surface area contributed by atoms with Crippen LogP contribution in [0, 0.1) is 0 Å². The fourth-order valence-corrected chi connectivity index (χ4v) is 4.42. The van der Waals surface area contributed by atoms with Gasteiger partial charge in [-0.15, -0.1) is 0 Å². The molecule has 2 unspecified atom stereocenters. The van der Waals surface area contributed by atoms with Crippen molar-refractivity contribution in [3.8, 4) is 5.75 Å². The van der Waals surface area contributed by atoms with E-state index in [1.165, 1.54) is 29.2 Å². The number of benzene rings is 1. The molecule has 0 saturated carbocycles. The normalized spacial score (nSPS) is 24.2. The van der Waals surface area contributed by atoms with Gasteiger partial charge in [0.1, 0.15) is 5.75 Å². The SMILES string of the molecule is CCNC(c1ccc2c(c1)CCO2)C1CSCCN1C. The molecule has 0 spiro atoms. The smallest absolute Gasteiger partial charge is 0.122 e. The molecular weight excluding hydrogens is 268 g/mol. The van der Waals surface area contributed by atoms with Crippen LogP contribution in [0.25, 0.3) is 0 Å². The standard InChI is InChI=1S/C16H24N2OS/c1-3-17-16(14-11-20-9-7-18(14)2)13-4-5-15-12(10-13)6-8-19-15/h4-5,10,14,16-17H,3,6-9,11H2,1-2H3. The first kappa shape index (κ1) is 14.2. The Morgan fingerprint density at radius 3 is 3.20 bits per heavy atom. The van der Waals surface area contributed by atoms with Gasteiger partial charge in [-0.1, -0.05) is 19.1 Å². The molecule has 2 heterocycles. The molecule has 1 aromatic carbocycles. The average molecular weight is 292 g/mol. The van der Waals surface area contributed by atoms with E-state index in [0.717, 1.165) is 25.3 Å². The van der Waals surface area contributed by atoms with Crippen molar-refractivity contribution >= 4 is 11.8 Å². The van der Waals surface area contributed by atoms with Crippen molar-refractivity contribution in [2.24, 2.45) is 0 Å². The third-order valence-corrected chi connectivity index (χ3v) is 5.37. The minimum atomic E-state index is 0.420. The predicted octanol–water partition coefficient (Wildman–Crippen LogP) is 2.32. The Balaban J connectivity index is 1.85. The van der Waals surface area contributed by atoms with Crippen LogP contribution in [0.4, 0.5) is 0 Å². The van der Waals surface area contributed by atoms with Gasteiger partial charge in [0.25, 0.3) is 0 Å². The lowest BCUT2D eigenvalue weighted by Crippen LogP contribution is -2.47. The Hall–Kier alpha value is -0.710. The van der Waals surface area contributed by atoms with Gasteiger partial charge in [0.15, 0.2) is 0 Å². The number of hydrogen-bond acceptors (Lipinski definition) is 4. The molecule has 20 heavy (non-hydrogen) atoms. The minimum Gasteiger partial charge on any atom is -0.493 e. The van der Waals surface area contributed by atoms with Gasteiger partial charge in [-0.3, -0.25) is 4.90 Å². The van der Waals surface area contributed by atoms with E-state index in [1.54, 1.807) is 0 Å². The summed E-state index contributed by atoms with van der Waals surface area (Å²) >= 11 is 2.07. The lowest BCUT2D eigenvalue weighted by molar-refractivity contribution is 0.217. The molecule has 1 aromatic rings. The molecule has 0 bridgehead atoms. The van der Waals surface area contributed by atoms with Crippen LogP contribution in [0.2, 0.25) is 0 Å². The molecule has 0 radical (unpaired) electrons. The first-order valence-corrected chi connectivity index (χ1v) is 8.72. The highest BCUT2D eigenvalue weighted by Gasteiger charge is 2.29. The van der Waals surface area contributed by atoms with E-state index in [2.05, 4.69) is 54.1 Å². The lowest BCUT2D eigenvalue weighted by Gasteiger charge is -2.38. The number of likely N-dealkylation sites (N-methyl/N-ethyl adjacent to an activating group) is 2. The summed E-state index contributed by atoms with van der Waals surface area (Å²) in [5.41, 5.74) is 2.78. The van der Waals surface area contributed by atoms with Gasteiger partial charge in [-0.05, 0) is 30.8 Å². The maximum Gasteiger partial charge on any atom is 0.122 e. The molecule has 0 aliphatic carbocycles. The number of rotatable bonds is 4. The Morgan fingerprint density at radius 2 is 2.40 bits per heavy atom. The largest absolute Gasteiger partial charge is 0.493 e. The summed E-state index contributed by atoms with van der Waals surface area (Å²) in [6.07, 6.45) is 1.05. The van der Waals surface area contributed by atoms with Gasteiger partial charge < -0.3 is 10.1 Å². The van der Waals surface area contributed by atoms with Crippen LogP contribution in [0.1, 0.15) is 24.1 Å². The molecule has 0 amide bonds. The summed E-state index contributed by atoms with van der Waals surface area (Å²) in [4.78, 5) is 2.51. The van der Waals surface area contributed by atoms with Crippen LogP contribution in [-0.2, 0) is 6.42 Å². The van der Waals surface area contributed by atoms with Crippen LogP contribution in [0.5, 0.6) is 5.75 Å². The molecular formula is C16H24N2OS. The third kappa shape index (κ3) is 2.83. The molecule has 4 heteroatoms. The number of fused-ring (bicyclic) bond motifs is 1. The summed E-state index contributed by atoms with van der Waals surface area (Å²) in [6, 6.07) is 7.74. The number of nitrogens with zero attached hydrogens (tertiary/aromatic N) is 1. The van der Waals surface area contributed by atoms with E-state index in [4.69, 9.17) is 4.74 Å². The van der Waals surface area contributed by atoms with E-state index in [1.807, 2.05) is 0 Å². The van der Waals surface area contributed by atoms with E-state index < -0.39 is 0 Å². The number of thioether (sulfide) groups is 1. The second-order valence-corrected chi connectivity index (χ2v) is 6.77. The fourth-order valence-electron chi connectivity index (χ4n) is 3.15. The molecule has 1 fully saturated rings. The van der Waals surface area contributed by atoms with E-state index in [0.29, 0.717) is 12.1 Å². The van der Waals surface area contributed by atoms with Gasteiger partial charge in [-0.2, -0.15) is 11.8 Å².